The van der Waals surface area contributed by atoms with Gasteiger partial charge in [0.2, 0.25) is 11.7 Å². The van der Waals surface area contributed by atoms with Crippen LogP contribution < -0.4 is 10.1 Å². The first kappa shape index (κ1) is 24.3. The molecule has 0 spiro atoms. The van der Waals surface area contributed by atoms with E-state index in [4.69, 9.17) is 20.9 Å². The van der Waals surface area contributed by atoms with E-state index < -0.39 is 23.0 Å². The number of aromatic nitrogens is 5. The van der Waals surface area contributed by atoms with Crippen LogP contribution in [0, 0.1) is 11.6 Å². The zero-order valence-corrected chi connectivity index (χ0v) is 19.8. The Labute approximate surface area is 204 Å². The molecule has 0 aliphatic carbocycles. The Morgan fingerprint density at radius 2 is 2.06 bits per heavy atom. The van der Waals surface area contributed by atoms with Gasteiger partial charge >= 0.3 is 11.8 Å². The van der Waals surface area contributed by atoms with Gasteiger partial charge in [0.15, 0.2) is 0 Å². The molecule has 12 heteroatoms. The highest BCUT2D eigenvalue weighted by atomic mass is 35.5. The highest BCUT2D eigenvalue weighted by Gasteiger charge is 2.37. The number of carbonyl (C=O) groups is 1. The number of hydrogen-bond acceptors (Lipinski definition) is 7. The average molecular weight is 503 g/mol. The highest BCUT2D eigenvalue weighted by molar-refractivity contribution is 6.29. The molecule has 9 nitrogen and oxygen atoms in total. The lowest BCUT2D eigenvalue weighted by atomic mass is 9.80. The van der Waals surface area contributed by atoms with Gasteiger partial charge in [-0.05, 0) is 38.1 Å². The average Bonchev–Trinajstić information content (AvgIpc) is 3.45. The number of carbonyl (C=O) groups excluding carboxylic acids is 1. The van der Waals surface area contributed by atoms with E-state index in [-0.39, 0.29) is 29.0 Å². The second kappa shape index (κ2) is 9.79. The molecule has 1 unspecified atom stereocenters. The number of amides is 1. The van der Waals surface area contributed by atoms with Crippen LogP contribution in [0.5, 0.6) is 5.88 Å². The zero-order chi connectivity index (χ0) is 25.2. The van der Waals surface area contributed by atoms with Crippen LogP contribution in [-0.4, -0.2) is 44.0 Å². The van der Waals surface area contributed by atoms with Crippen molar-refractivity contribution in [3.63, 3.8) is 0 Å². The minimum atomic E-state index is -0.911. The van der Waals surface area contributed by atoms with Crippen molar-refractivity contribution in [2.75, 3.05) is 13.2 Å². The summed E-state index contributed by atoms with van der Waals surface area (Å²) in [7, 11) is 1.74. The van der Waals surface area contributed by atoms with Crippen LogP contribution in [0.2, 0.25) is 5.15 Å². The molecule has 1 aromatic carbocycles. The third-order valence-electron chi connectivity index (χ3n) is 5.44. The molecular formula is C23H21ClF2N6O3. The van der Waals surface area contributed by atoms with Gasteiger partial charge in [0.1, 0.15) is 16.8 Å². The molecule has 0 saturated carbocycles. The van der Waals surface area contributed by atoms with Crippen LogP contribution in [0.15, 0.2) is 47.1 Å². The fraction of sp³-hybridized carbons (Fsp3) is 0.261. The van der Waals surface area contributed by atoms with Crippen molar-refractivity contribution < 1.29 is 22.8 Å². The SMILES string of the molecule is CCOc1c(C(C)(CNC(=O)c2nc(-c3ccc(F)cc3F)no2)c2cccc(Cl)n2)cnn1C. The van der Waals surface area contributed by atoms with Crippen LogP contribution in [0.25, 0.3) is 11.4 Å². The molecule has 0 radical (unpaired) electrons. The summed E-state index contributed by atoms with van der Waals surface area (Å²) in [5.74, 6) is -2.38. The second-order valence-electron chi connectivity index (χ2n) is 7.83. The molecule has 3 aromatic heterocycles. The summed E-state index contributed by atoms with van der Waals surface area (Å²) in [6.45, 7) is 4.15. The molecule has 4 aromatic rings. The fourth-order valence-corrected chi connectivity index (χ4v) is 3.74. The molecule has 0 aliphatic heterocycles. The van der Waals surface area contributed by atoms with E-state index in [0.717, 1.165) is 12.1 Å². The van der Waals surface area contributed by atoms with Gasteiger partial charge in [-0.1, -0.05) is 22.8 Å². The predicted octanol–water partition coefficient (Wildman–Crippen LogP) is 3.93. The lowest BCUT2D eigenvalue weighted by Gasteiger charge is -2.29. The minimum absolute atomic E-state index is 0.0353. The van der Waals surface area contributed by atoms with Crippen LogP contribution in [-0.2, 0) is 12.5 Å². The number of nitrogens with zero attached hydrogens (tertiary/aromatic N) is 5. The Morgan fingerprint density at radius 3 is 2.77 bits per heavy atom. The van der Waals surface area contributed by atoms with Crippen molar-refractivity contribution in [1.29, 1.82) is 0 Å². The standard InChI is InChI=1S/C23H21ClF2N6O3/c1-4-34-22-15(11-28-32(22)3)23(2,17-6-5-7-18(24)29-17)12-27-20(33)21-30-19(31-35-21)14-9-8-13(25)10-16(14)26/h5-11H,4,12H2,1-3H3,(H,27,33). The number of nitrogens with one attached hydrogen (secondary N) is 1. The molecule has 0 fully saturated rings. The quantitative estimate of drug-likeness (QED) is 0.364. The molecule has 1 N–H and O–H groups in total. The topological polar surface area (TPSA) is 108 Å². The van der Waals surface area contributed by atoms with Gasteiger partial charge in [-0.2, -0.15) is 10.1 Å². The van der Waals surface area contributed by atoms with Gasteiger partial charge in [0.05, 0.1) is 29.5 Å². The lowest BCUT2D eigenvalue weighted by molar-refractivity contribution is 0.0902. The number of pyridine rings is 1. The van der Waals surface area contributed by atoms with Gasteiger partial charge in [-0.15, -0.1) is 0 Å². The Hall–Kier alpha value is -3.86. The molecule has 1 amide bonds. The summed E-state index contributed by atoms with van der Waals surface area (Å²) in [5, 5.41) is 11.0. The van der Waals surface area contributed by atoms with Crippen LogP contribution >= 0.6 is 11.6 Å². The van der Waals surface area contributed by atoms with Crippen molar-refractivity contribution in [1.82, 2.24) is 30.2 Å². The Balaban J connectivity index is 1.63. The lowest BCUT2D eigenvalue weighted by Crippen LogP contribution is -2.40. The minimum Gasteiger partial charge on any atom is -0.478 e. The monoisotopic (exact) mass is 502 g/mol. The number of benzene rings is 1. The molecule has 182 valence electrons. The van der Waals surface area contributed by atoms with Crippen molar-refractivity contribution >= 4 is 17.5 Å². The molecular weight excluding hydrogens is 482 g/mol. The predicted molar refractivity (Wildman–Crippen MR) is 122 cm³/mol. The number of hydrogen-bond donors (Lipinski definition) is 1. The van der Waals surface area contributed by atoms with Crippen LogP contribution in [0.1, 0.15) is 35.8 Å². The van der Waals surface area contributed by atoms with Crippen LogP contribution in [0.4, 0.5) is 8.78 Å². The summed E-state index contributed by atoms with van der Waals surface area (Å²) in [6.07, 6.45) is 1.64. The van der Waals surface area contributed by atoms with E-state index in [9.17, 15) is 13.6 Å². The van der Waals surface area contributed by atoms with E-state index in [1.165, 1.54) is 0 Å². The van der Waals surface area contributed by atoms with Gasteiger partial charge in [0.25, 0.3) is 0 Å². The van der Waals surface area contributed by atoms with E-state index in [2.05, 4.69) is 25.5 Å². The largest absolute Gasteiger partial charge is 0.478 e. The third kappa shape index (κ3) is 4.85. The maximum absolute atomic E-state index is 14.1. The smallest absolute Gasteiger partial charge is 0.316 e. The Bertz CT molecular complexity index is 1380. The summed E-state index contributed by atoms with van der Waals surface area (Å²) >= 11 is 6.15. The van der Waals surface area contributed by atoms with Crippen molar-refractivity contribution in [3.05, 3.63) is 76.5 Å². The molecule has 0 bridgehead atoms. The van der Waals surface area contributed by atoms with E-state index >= 15 is 0 Å². The number of ether oxygens (including phenoxy) is 1. The van der Waals surface area contributed by atoms with Gasteiger partial charge < -0.3 is 14.6 Å². The molecule has 35 heavy (non-hydrogen) atoms. The first-order chi connectivity index (χ1) is 16.7. The van der Waals surface area contributed by atoms with E-state index in [1.807, 2.05) is 13.8 Å². The van der Waals surface area contributed by atoms with Crippen molar-refractivity contribution in [2.45, 2.75) is 19.3 Å². The molecule has 0 aliphatic rings. The van der Waals surface area contributed by atoms with Gasteiger partial charge in [0, 0.05) is 25.2 Å². The maximum atomic E-state index is 14.1. The summed E-state index contributed by atoms with van der Waals surface area (Å²) in [6, 6.07) is 8.09. The first-order valence-electron chi connectivity index (χ1n) is 10.6. The number of halogens is 3. The molecule has 1 atom stereocenters. The number of rotatable bonds is 8. The molecule has 4 rings (SSSR count). The fourth-order valence-electron chi connectivity index (χ4n) is 3.58. The molecule has 3 heterocycles. The summed E-state index contributed by atoms with van der Waals surface area (Å²) < 4.78 is 39.7. The normalized spacial score (nSPS) is 12.9. The Morgan fingerprint density at radius 1 is 1.26 bits per heavy atom. The second-order valence-corrected chi connectivity index (χ2v) is 8.21. The summed E-state index contributed by atoms with van der Waals surface area (Å²) in [4.78, 5) is 21.3. The van der Waals surface area contributed by atoms with Crippen LogP contribution in [0.3, 0.4) is 0 Å². The van der Waals surface area contributed by atoms with Gasteiger partial charge in [-0.3, -0.25) is 4.79 Å². The maximum Gasteiger partial charge on any atom is 0.316 e. The molecule has 0 saturated heterocycles. The number of aryl methyl sites for hydroxylation is 1. The van der Waals surface area contributed by atoms with Crippen molar-refractivity contribution in [2.24, 2.45) is 7.05 Å². The first-order valence-corrected chi connectivity index (χ1v) is 11.0. The summed E-state index contributed by atoms with van der Waals surface area (Å²) in [5.41, 5.74) is 0.236. The zero-order valence-electron chi connectivity index (χ0n) is 19.1. The Kier molecular flexibility index (Phi) is 6.79. The van der Waals surface area contributed by atoms with E-state index in [1.54, 1.807) is 36.1 Å². The highest BCUT2D eigenvalue weighted by Crippen LogP contribution is 2.36. The third-order valence-corrected chi connectivity index (χ3v) is 5.65. The van der Waals surface area contributed by atoms with Gasteiger partial charge in [-0.25, -0.2) is 18.4 Å². The van der Waals surface area contributed by atoms with Crippen molar-refractivity contribution in [3.8, 4) is 17.3 Å². The van der Waals surface area contributed by atoms with E-state index in [0.29, 0.717) is 29.8 Å².